The molecule has 0 amide bonds. The number of aromatic nitrogens is 3. The van der Waals surface area contributed by atoms with Crippen LogP contribution < -0.4 is 4.72 Å². The number of pyridine rings is 1. The second-order valence-corrected chi connectivity index (χ2v) is 9.19. The number of fused-ring (bicyclic) bond motifs is 1. The van der Waals surface area contributed by atoms with Gasteiger partial charge in [0.1, 0.15) is 4.90 Å². The Morgan fingerprint density at radius 1 is 1.00 bits per heavy atom. The molecule has 6 nitrogen and oxygen atoms in total. The highest BCUT2D eigenvalue weighted by Crippen LogP contribution is 2.22. The Bertz CT molecular complexity index is 1310. The van der Waals surface area contributed by atoms with E-state index in [4.69, 9.17) is 0 Å². The van der Waals surface area contributed by atoms with Gasteiger partial charge in [0, 0.05) is 29.4 Å². The normalized spacial score (nSPS) is 11.8. The first-order valence-electron chi connectivity index (χ1n) is 9.77. The Kier molecular flexibility index (Phi) is 5.40. The third-order valence-corrected chi connectivity index (χ3v) is 6.68. The summed E-state index contributed by atoms with van der Waals surface area (Å²) in [5.41, 5.74) is 5.26. The van der Waals surface area contributed by atoms with Gasteiger partial charge in [-0.25, -0.2) is 13.1 Å². The first-order valence-corrected chi connectivity index (χ1v) is 11.3. The van der Waals surface area contributed by atoms with E-state index in [-0.39, 0.29) is 11.4 Å². The van der Waals surface area contributed by atoms with Crippen molar-refractivity contribution in [2.75, 3.05) is 0 Å². The standard InChI is InChI=1S/C23H24N4O2S/c1-16-12-20-10-7-11-22(23(20)24-13-16)30(28,29)25-14-21-17(2)26-27(18(21)3)15-19-8-5-4-6-9-19/h4-13,25H,14-15H2,1-3H3. The molecular formula is C23H24N4O2S. The molecule has 2 aromatic carbocycles. The average Bonchev–Trinajstić information content (AvgIpc) is 2.99. The first kappa shape index (κ1) is 20.3. The van der Waals surface area contributed by atoms with Gasteiger partial charge in [0.05, 0.1) is 17.8 Å². The Hall–Kier alpha value is -3.03. The summed E-state index contributed by atoms with van der Waals surface area (Å²) in [6, 6.07) is 17.2. The van der Waals surface area contributed by atoms with Gasteiger partial charge in [-0.2, -0.15) is 5.10 Å². The van der Waals surface area contributed by atoms with E-state index in [0.717, 1.165) is 33.5 Å². The number of hydrogen-bond donors (Lipinski definition) is 1. The molecule has 0 saturated carbocycles. The lowest BCUT2D eigenvalue weighted by Crippen LogP contribution is -2.24. The van der Waals surface area contributed by atoms with Crippen LogP contribution in [-0.2, 0) is 23.1 Å². The summed E-state index contributed by atoms with van der Waals surface area (Å²) < 4.78 is 30.7. The molecule has 2 aromatic heterocycles. The SMILES string of the molecule is Cc1cnc2c(S(=O)(=O)NCc3c(C)nn(Cc4ccccc4)c3C)cccc2c1. The number of rotatable bonds is 6. The summed E-state index contributed by atoms with van der Waals surface area (Å²) in [6.45, 7) is 6.63. The van der Waals surface area contributed by atoms with Crippen molar-refractivity contribution in [2.45, 2.75) is 38.8 Å². The van der Waals surface area contributed by atoms with Crippen LogP contribution in [0.15, 0.2) is 65.7 Å². The molecular weight excluding hydrogens is 396 g/mol. The lowest BCUT2D eigenvalue weighted by atomic mass is 10.2. The highest BCUT2D eigenvalue weighted by atomic mass is 32.2. The topological polar surface area (TPSA) is 76.9 Å². The van der Waals surface area contributed by atoms with Crippen molar-refractivity contribution in [1.29, 1.82) is 0 Å². The third-order valence-electron chi connectivity index (χ3n) is 5.25. The molecule has 2 heterocycles. The van der Waals surface area contributed by atoms with Gasteiger partial charge in [-0.3, -0.25) is 9.67 Å². The smallest absolute Gasteiger partial charge is 0.243 e. The fourth-order valence-electron chi connectivity index (χ4n) is 3.60. The highest BCUT2D eigenvalue weighted by molar-refractivity contribution is 7.89. The molecule has 7 heteroatoms. The Morgan fingerprint density at radius 2 is 1.77 bits per heavy atom. The molecule has 4 aromatic rings. The van der Waals surface area contributed by atoms with Crippen LogP contribution in [0.4, 0.5) is 0 Å². The minimum atomic E-state index is -3.73. The van der Waals surface area contributed by atoms with E-state index in [2.05, 4.69) is 14.8 Å². The second-order valence-electron chi connectivity index (χ2n) is 7.46. The zero-order valence-corrected chi connectivity index (χ0v) is 18.1. The molecule has 0 unspecified atom stereocenters. The highest BCUT2D eigenvalue weighted by Gasteiger charge is 2.20. The molecule has 0 radical (unpaired) electrons. The van der Waals surface area contributed by atoms with Gasteiger partial charge in [0.2, 0.25) is 10.0 Å². The van der Waals surface area contributed by atoms with E-state index in [1.54, 1.807) is 18.3 Å². The largest absolute Gasteiger partial charge is 0.265 e. The molecule has 1 N–H and O–H groups in total. The fraction of sp³-hybridized carbons (Fsp3) is 0.217. The van der Waals surface area contributed by atoms with Gasteiger partial charge in [-0.15, -0.1) is 0 Å². The molecule has 0 aliphatic heterocycles. The van der Waals surface area contributed by atoms with Crippen molar-refractivity contribution >= 4 is 20.9 Å². The van der Waals surface area contributed by atoms with Crippen molar-refractivity contribution in [3.8, 4) is 0 Å². The zero-order valence-electron chi connectivity index (χ0n) is 17.3. The maximum atomic E-state index is 13.0. The number of para-hydroxylation sites is 1. The Morgan fingerprint density at radius 3 is 2.53 bits per heavy atom. The van der Waals surface area contributed by atoms with Crippen molar-refractivity contribution in [1.82, 2.24) is 19.5 Å². The molecule has 0 saturated heterocycles. The molecule has 0 aliphatic rings. The van der Waals surface area contributed by atoms with E-state index >= 15 is 0 Å². The van der Waals surface area contributed by atoms with Crippen molar-refractivity contribution in [2.24, 2.45) is 0 Å². The van der Waals surface area contributed by atoms with Crippen LogP contribution in [-0.4, -0.2) is 23.2 Å². The van der Waals surface area contributed by atoms with E-state index in [1.807, 2.05) is 67.9 Å². The van der Waals surface area contributed by atoms with Crippen LogP contribution in [0.2, 0.25) is 0 Å². The first-order chi connectivity index (χ1) is 14.3. The molecule has 0 atom stereocenters. The lowest BCUT2D eigenvalue weighted by molar-refractivity contribution is 0.581. The van der Waals surface area contributed by atoms with Crippen molar-refractivity contribution in [3.63, 3.8) is 0 Å². The monoisotopic (exact) mass is 420 g/mol. The zero-order chi connectivity index (χ0) is 21.3. The van der Waals surface area contributed by atoms with Gasteiger partial charge < -0.3 is 0 Å². The number of aryl methyl sites for hydroxylation is 2. The van der Waals surface area contributed by atoms with Crippen LogP contribution in [0.5, 0.6) is 0 Å². The molecule has 0 bridgehead atoms. The third kappa shape index (κ3) is 3.99. The maximum absolute atomic E-state index is 13.0. The van der Waals surface area contributed by atoms with Gasteiger partial charge in [0.25, 0.3) is 0 Å². The summed E-state index contributed by atoms with van der Waals surface area (Å²) in [4.78, 5) is 4.54. The van der Waals surface area contributed by atoms with Crippen molar-refractivity contribution in [3.05, 3.63) is 88.9 Å². The minimum Gasteiger partial charge on any atom is -0.265 e. The number of nitrogens with zero attached hydrogens (tertiary/aromatic N) is 3. The molecule has 0 aliphatic carbocycles. The maximum Gasteiger partial charge on any atom is 0.243 e. The summed E-state index contributed by atoms with van der Waals surface area (Å²) in [5.74, 6) is 0. The van der Waals surface area contributed by atoms with Crippen LogP contribution in [0.25, 0.3) is 10.9 Å². The van der Waals surface area contributed by atoms with E-state index in [1.165, 1.54) is 0 Å². The summed E-state index contributed by atoms with van der Waals surface area (Å²) in [7, 11) is -3.73. The van der Waals surface area contributed by atoms with Crippen molar-refractivity contribution < 1.29 is 8.42 Å². The Balaban J connectivity index is 1.59. The molecule has 4 rings (SSSR count). The molecule has 154 valence electrons. The molecule has 0 spiro atoms. The van der Waals surface area contributed by atoms with Crippen LogP contribution >= 0.6 is 0 Å². The van der Waals surface area contributed by atoms with Gasteiger partial charge >= 0.3 is 0 Å². The lowest BCUT2D eigenvalue weighted by Gasteiger charge is -2.10. The number of nitrogens with one attached hydrogen (secondary N) is 1. The van der Waals surface area contributed by atoms with E-state index in [9.17, 15) is 8.42 Å². The quantitative estimate of drug-likeness (QED) is 0.513. The molecule has 0 fully saturated rings. The van der Waals surface area contributed by atoms with Crippen LogP contribution in [0.3, 0.4) is 0 Å². The van der Waals surface area contributed by atoms with Gasteiger partial charge in [-0.1, -0.05) is 42.5 Å². The summed E-state index contributed by atoms with van der Waals surface area (Å²) in [5, 5.41) is 5.41. The van der Waals surface area contributed by atoms with Crippen LogP contribution in [0.1, 0.15) is 28.1 Å². The second kappa shape index (κ2) is 8.01. The minimum absolute atomic E-state index is 0.178. The Labute approximate surface area is 176 Å². The summed E-state index contributed by atoms with van der Waals surface area (Å²) in [6.07, 6.45) is 1.68. The predicted molar refractivity (Wildman–Crippen MR) is 118 cm³/mol. The van der Waals surface area contributed by atoms with Crippen LogP contribution in [0, 0.1) is 20.8 Å². The fourth-order valence-corrected chi connectivity index (χ4v) is 4.78. The number of hydrogen-bond acceptors (Lipinski definition) is 4. The predicted octanol–water partition coefficient (Wildman–Crippen LogP) is 3.88. The van der Waals surface area contributed by atoms with Gasteiger partial charge in [0.15, 0.2) is 0 Å². The van der Waals surface area contributed by atoms with Gasteiger partial charge in [-0.05, 0) is 44.0 Å². The average molecular weight is 421 g/mol. The van der Waals surface area contributed by atoms with E-state index in [0.29, 0.717) is 12.1 Å². The number of sulfonamides is 1. The summed E-state index contributed by atoms with van der Waals surface area (Å²) >= 11 is 0. The number of benzene rings is 2. The molecule has 30 heavy (non-hydrogen) atoms. The van der Waals surface area contributed by atoms with E-state index < -0.39 is 10.0 Å².